The number of halogens is 2. The molecular formula is C11H9Br2N3O2. The lowest BCUT2D eigenvalue weighted by molar-refractivity contribution is 0.0512. The van der Waals surface area contributed by atoms with E-state index in [2.05, 4.69) is 47.0 Å². The Morgan fingerprint density at radius 1 is 1.44 bits per heavy atom. The van der Waals surface area contributed by atoms with Gasteiger partial charge in [0, 0.05) is 14.5 Å². The Bertz CT molecular complexity index is 583. The van der Waals surface area contributed by atoms with Gasteiger partial charge in [0.2, 0.25) is 5.82 Å². The summed E-state index contributed by atoms with van der Waals surface area (Å²) in [6.45, 7) is 2.04. The molecule has 0 aliphatic rings. The summed E-state index contributed by atoms with van der Waals surface area (Å²) >= 11 is 6.79. The zero-order valence-corrected chi connectivity index (χ0v) is 12.6. The van der Waals surface area contributed by atoms with Crippen molar-refractivity contribution in [3.63, 3.8) is 0 Å². The minimum Gasteiger partial charge on any atom is -0.460 e. The predicted octanol–water partition coefficient (Wildman–Crippen LogP) is 3.17. The molecule has 5 nitrogen and oxygen atoms in total. The molecule has 0 atom stereocenters. The van der Waals surface area contributed by atoms with Gasteiger partial charge in [-0.25, -0.2) is 9.78 Å². The average Bonchev–Trinajstić information content (AvgIpc) is 2.82. The summed E-state index contributed by atoms with van der Waals surface area (Å²) in [7, 11) is 0. The van der Waals surface area contributed by atoms with Crippen molar-refractivity contribution in [1.29, 1.82) is 0 Å². The molecule has 1 N–H and O–H groups in total. The Hall–Kier alpha value is -1.21. The van der Waals surface area contributed by atoms with Crippen LogP contribution < -0.4 is 0 Å². The third-order valence-electron chi connectivity index (χ3n) is 2.12. The number of benzene rings is 1. The molecule has 2 aromatic rings. The van der Waals surface area contributed by atoms with E-state index in [1.54, 1.807) is 6.92 Å². The van der Waals surface area contributed by atoms with E-state index in [4.69, 9.17) is 4.74 Å². The number of nitrogens with one attached hydrogen (secondary N) is 1. The minimum absolute atomic E-state index is 0.0960. The van der Waals surface area contributed by atoms with Crippen molar-refractivity contribution < 1.29 is 9.53 Å². The summed E-state index contributed by atoms with van der Waals surface area (Å²) < 4.78 is 6.59. The molecule has 0 amide bonds. The molecule has 0 unspecified atom stereocenters. The fraction of sp³-hybridized carbons (Fsp3) is 0.182. The molecule has 0 saturated carbocycles. The molecule has 0 fully saturated rings. The van der Waals surface area contributed by atoms with E-state index in [1.807, 2.05) is 18.2 Å². The van der Waals surface area contributed by atoms with Crippen molar-refractivity contribution in [3.05, 3.63) is 33.0 Å². The molecule has 0 spiro atoms. The molecule has 1 aromatic heterocycles. The maximum absolute atomic E-state index is 11.5. The number of hydrogen-bond donors (Lipinski definition) is 1. The first-order chi connectivity index (χ1) is 8.61. The van der Waals surface area contributed by atoms with Gasteiger partial charge in [-0.05, 0) is 25.1 Å². The van der Waals surface area contributed by atoms with Gasteiger partial charge < -0.3 is 4.74 Å². The second-order valence-electron chi connectivity index (χ2n) is 3.35. The molecule has 0 bridgehead atoms. The molecule has 0 radical (unpaired) electrons. The lowest BCUT2D eigenvalue weighted by atomic mass is 10.2. The van der Waals surface area contributed by atoms with Crippen molar-refractivity contribution in [2.45, 2.75) is 6.92 Å². The van der Waals surface area contributed by atoms with E-state index >= 15 is 0 Å². The van der Waals surface area contributed by atoms with Crippen molar-refractivity contribution in [2.24, 2.45) is 0 Å². The van der Waals surface area contributed by atoms with Crippen LogP contribution in [0.3, 0.4) is 0 Å². The van der Waals surface area contributed by atoms with E-state index < -0.39 is 5.97 Å². The normalized spacial score (nSPS) is 10.4. The Balaban J connectivity index is 2.35. The SMILES string of the molecule is CCOC(=O)c1nc(-c2cc(Br)ccc2Br)n[nH]1. The summed E-state index contributed by atoms with van der Waals surface area (Å²) in [4.78, 5) is 15.6. The highest BCUT2D eigenvalue weighted by Crippen LogP contribution is 2.28. The zero-order valence-electron chi connectivity index (χ0n) is 9.41. The van der Waals surface area contributed by atoms with Crippen LogP contribution >= 0.6 is 31.9 Å². The topological polar surface area (TPSA) is 67.9 Å². The fourth-order valence-corrected chi connectivity index (χ4v) is 2.13. The molecule has 2 rings (SSSR count). The molecule has 94 valence electrons. The molecule has 0 aliphatic heterocycles. The highest BCUT2D eigenvalue weighted by Gasteiger charge is 2.15. The van der Waals surface area contributed by atoms with Crippen LogP contribution in [0.2, 0.25) is 0 Å². The van der Waals surface area contributed by atoms with Crippen LogP contribution in [-0.4, -0.2) is 27.8 Å². The number of aromatic amines is 1. The number of ether oxygens (including phenoxy) is 1. The van der Waals surface area contributed by atoms with Crippen LogP contribution in [0.25, 0.3) is 11.4 Å². The van der Waals surface area contributed by atoms with Gasteiger partial charge in [0.1, 0.15) is 0 Å². The van der Waals surface area contributed by atoms with Gasteiger partial charge in [-0.15, -0.1) is 0 Å². The van der Waals surface area contributed by atoms with E-state index in [1.165, 1.54) is 0 Å². The number of carbonyl (C=O) groups is 1. The third kappa shape index (κ3) is 2.78. The van der Waals surface area contributed by atoms with Gasteiger partial charge in [-0.1, -0.05) is 31.9 Å². The maximum Gasteiger partial charge on any atom is 0.375 e. The third-order valence-corrected chi connectivity index (χ3v) is 3.31. The highest BCUT2D eigenvalue weighted by molar-refractivity contribution is 9.11. The molecule has 18 heavy (non-hydrogen) atoms. The van der Waals surface area contributed by atoms with Crippen LogP contribution in [0, 0.1) is 0 Å². The lowest BCUT2D eigenvalue weighted by Crippen LogP contribution is -2.06. The van der Waals surface area contributed by atoms with Gasteiger partial charge in [0.05, 0.1) is 6.61 Å². The zero-order chi connectivity index (χ0) is 13.1. The first kappa shape index (κ1) is 13.2. The summed E-state index contributed by atoms with van der Waals surface area (Å²) in [5, 5.41) is 6.57. The molecular weight excluding hydrogens is 366 g/mol. The Labute approximate surface area is 120 Å². The van der Waals surface area contributed by atoms with E-state index in [0.29, 0.717) is 12.4 Å². The van der Waals surface area contributed by atoms with Crippen LogP contribution in [0.15, 0.2) is 27.1 Å². The van der Waals surface area contributed by atoms with E-state index in [-0.39, 0.29) is 5.82 Å². The first-order valence-corrected chi connectivity index (χ1v) is 6.75. The van der Waals surface area contributed by atoms with Gasteiger partial charge in [0.25, 0.3) is 0 Å². The Kier molecular flexibility index (Phi) is 4.13. The smallest absolute Gasteiger partial charge is 0.375 e. The summed E-state index contributed by atoms with van der Waals surface area (Å²) in [6.07, 6.45) is 0. The van der Waals surface area contributed by atoms with Crippen molar-refractivity contribution in [1.82, 2.24) is 15.2 Å². The minimum atomic E-state index is -0.512. The van der Waals surface area contributed by atoms with E-state index in [9.17, 15) is 4.79 Å². The standard InChI is InChI=1S/C11H9Br2N3O2/c1-2-18-11(17)10-14-9(15-16-10)7-5-6(12)3-4-8(7)13/h3-5H,2H2,1H3,(H,14,15,16). The largest absolute Gasteiger partial charge is 0.460 e. The number of aromatic nitrogens is 3. The molecule has 0 aliphatic carbocycles. The van der Waals surface area contributed by atoms with Gasteiger partial charge >= 0.3 is 5.97 Å². The van der Waals surface area contributed by atoms with Crippen LogP contribution in [0.4, 0.5) is 0 Å². The maximum atomic E-state index is 11.5. The first-order valence-electron chi connectivity index (χ1n) is 5.16. The van der Waals surface area contributed by atoms with Crippen molar-refractivity contribution >= 4 is 37.8 Å². The number of nitrogens with zero attached hydrogens (tertiary/aromatic N) is 2. The quantitative estimate of drug-likeness (QED) is 0.838. The summed E-state index contributed by atoms with van der Waals surface area (Å²) in [5.41, 5.74) is 0.788. The lowest BCUT2D eigenvalue weighted by Gasteiger charge is -2.00. The second-order valence-corrected chi connectivity index (χ2v) is 5.12. The summed E-state index contributed by atoms with van der Waals surface area (Å²) in [5.74, 6) is 0.0207. The number of carbonyl (C=O) groups excluding carboxylic acids is 1. The van der Waals surface area contributed by atoms with Gasteiger partial charge in [-0.2, -0.15) is 5.10 Å². The van der Waals surface area contributed by atoms with Crippen molar-refractivity contribution in [2.75, 3.05) is 6.61 Å². The number of H-pyrrole nitrogens is 1. The van der Waals surface area contributed by atoms with Gasteiger partial charge in [0.15, 0.2) is 5.82 Å². The fourth-order valence-electron chi connectivity index (χ4n) is 1.34. The summed E-state index contributed by atoms with van der Waals surface area (Å²) in [6, 6.07) is 5.63. The molecule has 7 heteroatoms. The van der Waals surface area contributed by atoms with Crippen LogP contribution in [0.5, 0.6) is 0 Å². The number of hydrogen-bond acceptors (Lipinski definition) is 4. The average molecular weight is 375 g/mol. The number of esters is 1. The molecule has 1 aromatic carbocycles. The molecule has 1 heterocycles. The van der Waals surface area contributed by atoms with Crippen LogP contribution in [0.1, 0.15) is 17.5 Å². The highest BCUT2D eigenvalue weighted by atomic mass is 79.9. The predicted molar refractivity (Wildman–Crippen MR) is 73.2 cm³/mol. The van der Waals surface area contributed by atoms with E-state index in [0.717, 1.165) is 14.5 Å². The Morgan fingerprint density at radius 2 is 2.22 bits per heavy atom. The number of rotatable bonds is 3. The Morgan fingerprint density at radius 3 is 2.94 bits per heavy atom. The van der Waals surface area contributed by atoms with Crippen molar-refractivity contribution in [3.8, 4) is 11.4 Å². The second kappa shape index (κ2) is 5.62. The van der Waals surface area contributed by atoms with Crippen LogP contribution in [-0.2, 0) is 4.74 Å². The molecule has 0 saturated heterocycles. The van der Waals surface area contributed by atoms with Gasteiger partial charge in [-0.3, -0.25) is 5.10 Å². The monoisotopic (exact) mass is 373 g/mol.